The first-order valence-corrected chi connectivity index (χ1v) is 5.51. The van der Waals surface area contributed by atoms with Crippen LogP contribution in [-0.4, -0.2) is 56.2 Å². The lowest BCUT2D eigenvalue weighted by Gasteiger charge is -2.48. The molecule has 15 heavy (non-hydrogen) atoms. The number of methoxy groups -OCH3 is 1. The van der Waals surface area contributed by atoms with Crippen LogP contribution in [0.25, 0.3) is 0 Å². The van der Waals surface area contributed by atoms with E-state index in [1.165, 1.54) is 0 Å². The van der Waals surface area contributed by atoms with Gasteiger partial charge in [-0.3, -0.25) is 9.69 Å². The van der Waals surface area contributed by atoms with Gasteiger partial charge in [-0.15, -0.1) is 0 Å². The number of carbonyl (C=O) groups is 1. The van der Waals surface area contributed by atoms with Gasteiger partial charge in [-0.2, -0.15) is 0 Å². The Bertz CT molecular complexity index is 248. The second kappa shape index (κ2) is 4.20. The van der Waals surface area contributed by atoms with Crippen molar-refractivity contribution < 1.29 is 14.3 Å². The summed E-state index contributed by atoms with van der Waals surface area (Å²) in [5, 5.41) is 0. The minimum Gasteiger partial charge on any atom is -0.380 e. The summed E-state index contributed by atoms with van der Waals surface area (Å²) in [5.74, 6) is 0.437. The van der Waals surface area contributed by atoms with E-state index >= 15 is 0 Å². The van der Waals surface area contributed by atoms with Crippen molar-refractivity contribution in [2.45, 2.75) is 18.9 Å². The maximum atomic E-state index is 11.6. The zero-order valence-electron chi connectivity index (χ0n) is 9.49. The average molecular weight is 213 g/mol. The van der Waals surface area contributed by atoms with Crippen LogP contribution in [0.5, 0.6) is 0 Å². The van der Waals surface area contributed by atoms with Crippen LogP contribution in [-0.2, 0) is 14.3 Å². The van der Waals surface area contributed by atoms with Gasteiger partial charge in [-0.1, -0.05) is 0 Å². The molecule has 2 saturated heterocycles. The molecule has 0 aromatic heterocycles. The molecule has 0 N–H and O–H groups in total. The minimum atomic E-state index is -0.00142. The van der Waals surface area contributed by atoms with Crippen LogP contribution < -0.4 is 0 Å². The number of ether oxygens (including phenoxy) is 2. The van der Waals surface area contributed by atoms with E-state index in [-0.39, 0.29) is 11.5 Å². The summed E-state index contributed by atoms with van der Waals surface area (Å²) < 4.78 is 10.7. The molecule has 0 aliphatic carbocycles. The highest BCUT2D eigenvalue weighted by Gasteiger charge is 2.40. The van der Waals surface area contributed by atoms with E-state index in [1.807, 2.05) is 0 Å². The minimum absolute atomic E-state index is 0.00142. The number of hydrogen-bond acceptors (Lipinski definition) is 4. The molecular formula is C11H19NO3. The molecule has 0 spiro atoms. The van der Waals surface area contributed by atoms with Gasteiger partial charge in [0.15, 0.2) is 0 Å². The molecule has 4 heteroatoms. The van der Waals surface area contributed by atoms with E-state index in [1.54, 1.807) is 7.11 Å². The third-order valence-corrected chi connectivity index (χ3v) is 3.35. The van der Waals surface area contributed by atoms with Crippen LogP contribution in [0.4, 0.5) is 0 Å². The molecule has 1 atom stereocenters. The van der Waals surface area contributed by atoms with E-state index in [0.717, 1.165) is 19.6 Å². The molecule has 0 amide bonds. The first-order chi connectivity index (χ1) is 7.13. The van der Waals surface area contributed by atoms with Crippen molar-refractivity contribution in [1.82, 2.24) is 4.90 Å². The van der Waals surface area contributed by atoms with Crippen molar-refractivity contribution in [1.29, 1.82) is 0 Å². The summed E-state index contributed by atoms with van der Waals surface area (Å²) in [6.07, 6.45) is 0.583. The van der Waals surface area contributed by atoms with Gasteiger partial charge in [0.25, 0.3) is 0 Å². The van der Waals surface area contributed by atoms with Crippen LogP contribution in [0, 0.1) is 5.92 Å². The highest BCUT2D eigenvalue weighted by Crippen LogP contribution is 2.25. The van der Waals surface area contributed by atoms with Gasteiger partial charge in [-0.05, 0) is 6.92 Å². The Balaban J connectivity index is 1.76. The van der Waals surface area contributed by atoms with Crippen molar-refractivity contribution in [3.63, 3.8) is 0 Å². The predicted molar refractivity (Wildman–Crippen MR) is 55.8 cm³/mol. The van der Waals surface area contributed by atoms with Crippen molar-refractivity contribution in [2.24, 2.45) is 5.92 Å². The van der Waals surface area contributed by atoms with Crippen molar-refractivity contribution in [3.8, 4) is 0 Å². The lowest BCUT2D eigenvalue weighted by Crippen LogP contribution is -2.62. The maximum absolute atomic E-state index is 11.6. The third kappa shape index (κ3) is 2.38. The Hall–Kier alpha value is -0.450. The lowest BCUT2D eigenvalue weighted by atomic mass is 9.92. The summed E-state index contributed by atoms with van der Waals surface area (Å²) in [6, 6.07) is 0. The van der Waals surface area contributed by atoms with Crippen LogP contribution >= 0.6 is 0 Å². The number of ketones is 1. The summed E-state index contributed by atoms with van der Waals surface area (Å²) >= 11 is 0. The fourth-order valence-corrected chi connectivity index (χ4v) is 2.32. The Kier molecular flexibility index (Phi) is 3.09. The van der Waals surface area contributed by atoms with E-state index in [0.29, 0.717) is 25.4 Å². The highest BCUT2D eigenvalue weighted by atomic mass is 16.5. The van der Waals surface area contributed by atoms with Gasteiger partial charge >= 0.3 is 0 Å². The molecule has 0 bridgehead atoms. The maximum Gasteiger partial charge on any atom is 0.141 e. The molecule has 0 aromatic carbocycles. The molecule has 0 aromatic rings. The van der Waals surface area contributed by atoms with Gasteiger partial charge in [0, 0.05) is 33.2 Å². The summed E-state index contributed by atoms with van der Waals surface area (Å²) in [5.41, 5.74) is -0.00142. The SMILES string of the molecule is COC1(C)CN(CC2COCCC2=O)C1. The van der Waals surface area contributed by atoms with Crippen molar-refractivity contribution in [2.75, 3.05) is 40.0 Å². The fraction of sp³-hybridized carbons (Fsp3) is 0.909. The zero-order valence-corrected chi connectivity index (χ0v) is 9.49. The Morgan fingerprint density at radius 3 is 2.93 bits per heavy atom. The highest BCUT2D eigenvalue weighted by molar-refractivity contribution is 5.82. The smallest absolute Gasteiger partial charge is 0.141 e. The molecule has 2 aliphatic heterocycles. The van der Waals surface area contributed by atoms with Gasteiger partial charge in [-0.25, -0.2) is 0 Å². The molecule has 2 aliphatic rings. The first kappa shape index (κ1) is 11.0. The first-order valence-electron chi connectivity index (χ1n) is 5.51. The Labute approximate surface area is 90.5 Å². The number of hydrogen-bond donors (Lipinski definition) is 0. The molecule has 1 unspecified atom stereocenters. The number of rotatable bonds is 3. The Morgan fingerprint density at radius 2 is 2.33 bits per heavy atom. The number of nitrogens with zero attached hydrogens (tertiary/aromatic N) is 1. The average Bonchev–Trinajstić information content (AvgIpc) is 2.18. The summed E-state index contributed by atoms with van der Waals surface area (Å²) in [6.45, 7) is 5.98. The number of carbonyl (C=O) groups excluding carboxylic acids is 1. The van der Waals surface area contributed by atoms with E-state index in [4.69, 9.17) is 9.47 Å². The van der Waals surface area contributed by atoms with Gasteiger partial charge in [0.05, 0.1) is 24.7 Å². The molecule has 0 saturated carbocycles. The standard InChI is InChI=1S/C11H19NO3/c1-11(14-2)7-12(8-11)5-9-6-15-4-3-10(9)13/h9H,3-8H2,1-2H3. The van der Waals surface area contributed by atoms with Gasteiger partial charge in [0.1, 0.15) is 5.78 Å². The van der Waals surface area contributed by atoms with Gasteiger partial charge in [0.2, 0.25) is 0 Å². The molecule has 86 valence electrons. The fourth-order valence-electron chi connectivity index (χ4n) is 2.32. The number of Topliss-reactive ketones (excluding diaryl/α,β-unsaturated/α-hetero) is 1. The van der Waals surface area contributed by atoms with E-state index in [9.17, 15) is 4.79 Å². The summed E-state index contributed by atoms with van der Waals surface area (Å²) in [7, 11) is 1.74. The van der Waals surface area contributed by atoms with Gasteiger partial charge < -0.3 is 9.47 Å². The van der Waals surface area contributed by atoms with Crippen LogP contribution in [0.15, 0.2) is 0 Å². The normalized spacial score (nSPS) is 31.3. The lowest BCUT2D eigenvalue weighted by molar-refractivity contribution is -0.140. The second-order valence-corrected chi connectivity index (χ2v) is 4.81. The summed E-state index contributed by atoms with van der Waals surface area (Å²) in [4.78, 5) is 13.8. The Morgan fingerprint density at radius 1 is 1.60 bits per heavy atom. The zero-order chi connectivity index (χ0) is 10.9. The van der Waals surface area contributed by atoms with E-state index < -0.39 is 0 Å². The molecule has 2 rings (SSSR count). The van der Waals surface area contributed by atoms with Crippen LogP contribution in [0.2, 0.25) is 0 Å². The molecule has 0 radical (unpaired) electrons. The predicted octanol–water partition coefficient (Wildman–Crippen LogP) is 0.313. The number of likely N-dealkylation sites (tertiary alicyclic amines) is 1. The molecular weight excluding hydrogens is 194 g/mol. The van der Waals surface area contributed by atoms with Crippen molar-refractivity contribution >= 4 is 5.78 Å². The quantitative estimate of drug-likeness (QED) is 0.676. The molecule has 4 nitrogen and oxygen atoms in total. The largest absolute Gasteiger partial charge is 0.380 e. The van der Waals surface area contributed by atoms with Crippen molar-refractivity contribution in [3.05, 3.63) is 0 Å². The third-order valence-electron chi connectivity index (χ3n) is 3.35. The topological polar surface area (TPSA) is 38.8 Å². The monoisotopic (exact) mass is 213 g/mol. The molecule has 2 fully saturated rings. The second-order valence-electron chi connectivity index (χ2n) is 4.81. The van der Waals surface area contributed by atoms with E-state index in [2.05, 4.69) is 11.8 Å². The molecule has 2 heterocycles. The van der Waals surface area contributed by atoms with Crippen LogP contribution in [0.3, 0.4) is 0 Å². The van der Waals surface area contributed by atoms with Crippen LogP contribution in [0.1, 0.15) is 13.3 Å².